The molecule has 48 heavy (non-hydrogen) atoms. The van der Waals surface area contributed by atoms with Gasteiger partial charge < -0.3 is 44.0 Å². The number of nitrogens with zero attached hydrogens (tertiary/aromatic N) is 1. The molecule has 0 bridgehead atoms. The summed E-state index contributed by atoms with van der Waals surface area (Å²) in [6.45, 7) is 16.7. The zero-order valence-corrected chi connectivity index (χ0v) is 29.8. The fourth-order valence-corrected chi connectivity index (χ4v) is 4.25. The molecular formula is C32H54N2O14. The summed E-state index contributed by atoms with van der Waals surface area (Å²) < 4.78 is 32.8. The molecule has 276 valence electrons. The summed E-state index contributed by atoms with van der Waals surface area (Å²) >= 11 is 0. The largest absolute Gasteiger partial charge is 0.460 e. The number of likely N-dealkylation sites (N-methyl/N-ethyl adjacent to an activating group) is 1. The number of esters is 6. The summed E-state index contributed by atoms with van der Waals surface area (Å²) in [7, 11) is 1.50. The van der Waals surface area contributed by atoms with Gasteiger partial charge in [-0.15, -0.1) is 0 Å². The third-order valence-electron chi connectivity index (χ3n) is 7.02. The zero-order valence-electron chi connectivity index (χ0n) is 29.8. The number of aliphatic imine (C=N–C) groups is 1. The summed E-state index contributed by atoms with van der Waals surface area (Å²) in [4.78, 5) is 80.6. The maximum Gasteiger partial charge on any atom is 0.335 e. The number of rotatable bonds is 21. The van der Waals surface area contributed by atoms with Crippen LogP contribution in [0.2, 0.25) is 0 Å². The Balaban J connectivity index is 7.24. The predicted molar refractivity (Wildman–Crippen MR) is 170 cm³/mol. The second-order valence-corrected chi connectivity index (χ2v) is 12.6. The lowest BCUT2D eigenvalue weighted by molar-refractivity contribution is -0.210. The van der Waals surface area contributed by atoms with Crippen molar-refractivity contribution in [2.75, 3.05) is 20.3 Å². The van der Waals surface area contributed by atoms with Gasteiger partial charge in [0.2, 0.25) is 0 Å². The van der Waals surface area contributed by atoms with E-state index < -0.39 is 115 Å². The van der Waals surface area contributed by atoms with Gasteiger partial charge in [0.05, 0.1) is 0 Å². The van der Waals surface area contributed by atoms with Crippen LogP contribution in [-0.2, 0) is 57.2 Å². The topological polar surface area (TPSA) is 223 Å². The van der Waals surface area contributed by atoms with E-state index in [1.54, 1.807) is 55.4 Å². The third kappa shape index (κ3) is 14.6. The van der Waals surface area contributed by atoms with Gasteiger partial charge in [0, 0.05) is 13.8 Å². The number of nitrogens with one attached hydrogen (secondary N) is 1. The van der Waals surface area contributed by atoms with E-state index in [0.29, 0.717) is 0 Å². The van der Waals surface area contributed by atoms with E-state index in [-0.39, 0.29) is 5.92 Å². The van der Waals surface area contributed by atoms with Crippen molar-refractivity contribution in [3.63, 3.8) is 0 Å². The van der Waals surface area contributed by atoms with E-state index in [2.05, 4.69) is 17.0 Å². The number of aliphatic hydroxyl groups excluding tert-OH is 2. The Morgan fingerprint density at radius 2 is 0.979 bits per heavy atom. The number of carbonyl (C=O) groups excluding carboxylic acids is 6. The standard InChI is InChI=1S/C32H54N2O14/c1-15(2)23(33-11)29(39)47-21(13-43-31(41)25(37)17(5)6)27(45-19(9)35)28(46-20(10)36)22(14-44-32(42)26(38)18(7)8)48-30(40)24(34-12)16(3)4/h15-18,21-28,34,37-38H,11,13-14H2,1-10,12H3/t21-,22-,23-,24+,25+,26-,27-,28+/m1/s1. The van der Waals surface area contributed by atoms with Crippen molar-refractivity contribution in [3.8, 4) is 0 Å². The van der Waals surface area contributed by atoms with Gasteiger partial charge in [0.25, 0.3) is 0 Å². The maximum absolute atomic E-state index is 13.3. The van der Waals surface area contributed by atoms with Crippen molar-refractivity contribution in [2.24, 2.45) is 28.7 Å². The molecule has 8 atom stereocenters. The first-order chi connectivity index (χ1) is 22.2. The molecule has 0 aliphatic rings. The molecule has 0 fully saturated rings. The lowest BCUT2D eigenvalue weighted by Gasteiger charge is -2.36. The van der Waals surface area contributed by atoms with Crippen LogP contribution in [0.5, 0.6) is 0 Å². The van der Waals surface area contributed by atoms with Crippen molar-refractivity contribution >= 4 is 42.5 Å². The van der Waals surface area contributed by atoms with Crippen LogP contribution < -0.4 is 5.32 Å². The highest BCUT2D eigenvalue weighted by Crippen LogP contribution is 2.23. The van der Waals surface area contributed by atoms with Crippen LogP contribution >= 0.6 is 0 Å². The average Bonchev–Trinajstić information content (AvgIpc) is 2.97. The van der Waals surface area contributed by atoms with Crippen molar-refractivity contribution in [1.82, 2.24) is 5.32 Å². The normalized spacial score (nSPS) is 16.5. The van der Waals surface area contributed by atoms with Gasteiger partial charge in [0.15, 0.2) is 36.6 Å². The molecule has 0 aliphatic heterocycles. The van der Waals surface area contributed by atoms with E-state index in [0.717, 1.165) is 13.8 Å². The number of carbonyl (C=O) groups is 6. The van der Waals surface area contributed by atoms with Crippen LogP contribution in [0.1, 0.15) is 69.2 Å². The molecule has 0 aromatic rings. The highest BCUT2D eigenvalue weighted by Gasteiger charge is 2.46. The quantitative estimate of drug-likeness (QED) is 0.0859. The first-order valence-corrected chi connectivity index (χ1v) is 15.8. The molecule has 0 aliphatic carbocycles. The fourth-order valence-electron chi connectivity index (χ4n) is 4.25. The van der Waals surface area contributed by atoms with Gasteiger partial charge >= 0.3 is 35.8 Å². The van der Waals surface area contributed by atoms with Crippen LogP contribution in [0, 0.1) is 23.7 Å². The smallest absolute Gasteiger partial charge is 0.335 e. The summed E-state index contributed by atoms with van der Waals surface area (Å²) in [5, 5.41) is 23.2. The Morgan fingerprint density at radius 3 is 1.25 bits per heavy atom. The van der Waals surface area contributed by atoms with Gasteiger partial charge in [-0.05, 0) is 37.4 Å². The Hall–Kier alpha value is -3.63. The van der Waals surface area contributed by atoms with Gasteiger partial charge in [-0.3, -0.25) is 19.4 Å². The molecule has 0 saturated heterocycles. The van der Waals surface area contributed by atoms with Gasteiger partial charge in [-0.1, -0.05) is 55.4 Å². The van der Waals surface area contributed by atoms with Crippen LogP contribution in [0.15, 0.2) is 4.99 Å². The van der Waals surface area contributed by atoms with Gasteiger partial charge in [0.1, 0.15) is 25.3 Å². The monoisotopic (exact) mass is 690 g/mol. The Bertz CT molecular complexity index is 1090. The van der Waals surface area contributed by atoms with E-state index in [1.807, 2.05) is 0 Å². The Labute approximate surface area is 282 Å². The first kappa shape index (κ1) is 44.4. The molecule has 0 radical (unpaired) electrons. The van der Waals surface area contributed by atoms with Crippen molar-refractivity contribution < 1.29 is 67.4 Å². The third-order valence-corrected chi connectivity index (χ3v) is 7.02. The molecule has 0 aromatic heterocycles. The molecular weight excluding hydrogens is 636 g/mol. The predicted octanol–water partition coefficient (Wildman–Crippen LogP) is 0.763. The summed E-state index contributed by atoms with van der Waals surface area (Å²) in [6.07, 6.45) is -10.4. The van der Waals surface area contributed by atoms with Crippen LogP contribution in [0.4, 0.5) is 0 Å². The van der Waals surface area contributed by atoms with Crippen molar-refractivity contribution in [2.45, 2.75) is 118 Å². The number of aliphatic hydroxyl groups is 2. The van der Waals surface area contributed by atoms with E-state index in [9.17, 15) is 39.0 Å². The molecule has 16 heteroatoms. The minimum Gasteiger partial charge on any atom is -0.460 e. The van der Waals surface area contributed by atoms with E-state index >= 15 is 0 Å². The molecule has 16 nitrogen and oxygen atoms in total. The Morgan fingerprint density at radius 1 is 0.604 bits per heavy atom. The highest BCUT2D eigenvalue weighted by molar-refractivity contribution is 5.78. The van der Waals surface area contributed by atoms with E-state index in [4.69, 9.17) is 28.4 Å². The lowest BCUT2D eigenvalue weighted by atomic mass is 10.0. The SMILES string of the molecule is C=N[C@@H](C(=O)O[C@H](COC(=O)[C@@H](O)C(C)C)[C@@H](OC(C)=O)[C@@H](OC(C)=O)[C@@H](COC(=O)[C@H](O)C(C)C)OC(=O)[C@@H](NC)C(C)C)C(C)C. The first-order valence-electron chi connectivity index (χ1n) is 15.8. The van der Waals surface area contributed by atoms with Crippen LogP contribution in [0.25, 0.3) is 0 Å². The Kier molecular flexibility index (Phi) is 19.7. The van der Waals surface area contributed by atoms with Crippen molar-refractivity contribution in [3.05, 3.63) is 0 Å². The second-order valence-electron chi connectivity index (χ2n) is 12.6. The fraction of sp³-hybridized carbons (Fsp3) is 0.781. The average molecular weight is 691 g/mol. The molecule has 0 amide bonds. The maximum atomic E-state index is 13.3. The number of hydrogen-bond acceptors (Lipinski definition) is 16. The highest BCUT2D eigenvalue weighted by atomic mass is 16.6. The van der Waals surface area contributed by atoms with Crippen LogP contribution in [-0.4, -0.2) is 122 Å². The molecule has 0 spiro atoms. The van der Waals surface area contributed by atoms with Crippen molar-refractivity contribution in [1.29, 1.82) is 0 Å². The van der Waals surface area contributed by atoms with E-state index in [1.165, 1.54) is 7.05 Å². The molecule has 0 heterocycles. The van der Waals surface area contributed by atoms with Crippen LogP contribution in [0.3, 0.4) is 0 Å². The minimum atomic E-state index is -1.87. The summed E-state index contributed by atoms with van der Waals surface area (Å²) in [5.74, 6) is -7.89. The molecule has 0 saturated carbocycles. The number of ether oxygens (including phenoxy) is 6. The zero-order chi connectivity index (χ0) is 37.5. The van der Waals surface area contributed by atoms with Gasteiger partial charge in [-0.25, -0.2) is 14.4 Å². The minimum absolute atomic E-state index is 0.315. The second kappa shape index (κ2) is 21.4. The summed E-state index contributed by atoms with van der Waals surface area (Å²) in [6, 6.07) is -2.05. The lowest BCUT2D eigenvalue weighted by Crippen LogP contribution is -2.56. The molecule has 0 rings (SSSR count). The molecule has 0 unspecified atom stereocenters. The number of hydrogen-bond donors (Lipinski definition) is 3. The molecule has 0 aromatic carbocycles. The summed E-state index contributed by atoms with van der Waals surface area (Å²) in [5.41, 5.74) is 0. The van der Waals surface area contributed by atoms with Gasteiger partial charge in [-0.2, -0.15) is 0 Å². The molecule has 3 N–H and O–H groups in total.